The molecule has 1 heterocycles. The zero-order valence-corrected chi connectivity index (χ0v) is 10.8. The highest BCUT2D eigenvalue weighted by Crippen LogP contribution is 2.21. The van der Waals surface area contributed by atoms with Gasteiger partial charge >= 0.3 is 5.97 Å². The Kier molecular flexibility index (Phi) is 4.18. The Morgan fingerprint density at radius 2 is 2.22 bits per heavy atom. The Morgan fingerprint density at radius 1 is 1.39 bits per heavy atom. The van der Waals surface area contributed by atoms with Crippen molar-refractivity contribution in [2.45, 2.75) is 45.6 Å². The standard InChI is InChI=1S/C14H19NO3/c1-2-3-7-18-14(17)10-15-8-11-5-4-6-13(16)12(11)9-15/h8-9H,2-7,10H2,1H3. The number of esters is 1. The van der Waals surface area contributed by atoms with Gasteiger partial charge in [0.1, 0.15) is 6.54 Å². The fourth-order valence-corrected chi connectivity index (χ4v) is 2.20. The fourth-order valence-electron chi connectivity index (χ4n) is 2.20. The van der Waals surface area contributed by atoms with Crippen molar-refractivity contribution >= 4 is 11.8 Å². The van der Waals surface area contributed by atoms with Crippen molar-refractivity contribution < 1.29 is 14.3 Å². The van der Waals surface area contributed by atoms with Gasteiger partial charge < -0.3 is 9.30 Å². The minimum Gasteiger partial charge on any atom is -0.464 e. The minimum atomic E-state index is -0.233. The molecule has 1 aromatic rings. The summed E-state index contributed by atoms with van der Waals surface area (Å²) in [5.74, 6) is -0.0439. The zero-order chi connectivity index (χ0) is 13.0. The van der Waals surface area contributed by atoms with Crippen LogP contribution in [0.4, 0.5) is 0 Å². The van der Waals surface area contributed by atoms with Crippen LogP contribution >= 0.6 is 0 Å². The number of hydrogen-bond donors (Lipinski definition) is 0. The van der Waals surface area contributed by atoms with Gasteiger partial charge in [0, 0.05) is 24.4 Å². The molecule has 1 aromatic heterocycles. The summed E-state index contributed by atoms with van der Waals surface area (Å²) < 4.78 is 6.87. The van der Waals surface area contributed by atoms with Crippen molar-refractivity contribution in [2.24, 2.45) is 0 Å². The molecule has 0 fully saturated rings. The number of unbranched alkanes of at least 4 members (excludes halogenated alkanes) is 1. The van der Waals surface area contributed by atoms with Crippen molar-refractivity contribution in [1.29, 1.82) is 0 Å². The molecular formula is C14H19NO3. The molecule has 4 heteroatoms. The highest BCUT2D eigenvalue weighted by molar-refractivity contribution is 5.98. The number of ketones is 1. The Hall–Kier alpha value is -1.58. The van der Waals surface area contributed by atoms with E-state index in [1.54, 1.807) is 10.8 Å². The number of fused-ring (bicyclic) bond motifs is 1. The minimum absolute atomic E-state index is 0.189. The number of ether oxygens (including phenoxy) is 1. The van der Waals surface area contributed by atoms with E-state index in [2.05, 4.69) is 6.92 Å². The first-order valence-electron chi connectivity index (χ1n) is 6.58. The Bertz CT molecular complexity index is 448. The fraction of sp³-hybridized carbons (Fsp3) is 0.571. The highest BCUT2D eigenvalue weighted by Gasteiger charge is 2.19. The van der Waals surface area contributed by atoms with E-state index in [0.29, 0.717) is 13.0 Å². The molecule has 1 aliphatic rings. The summed E-state index contributed by atoms with van der Waals surface area (Å²) in [6.45, 7) is 2.73. The third-order valence-electron chi connectivity index (χ3n) is 3.19. The van der Waals surface area contributed by atoms with Gasteiger partial charge in [0.2, 0.25) is 0 Å². The molecule has 0 amide bonds. The summed E-state index contributed by atoms with van der Waals surface area (Å²) in [5.41, 5.74) is 1.84. The van der Waals surface area contributed by atoms with E-state index in [1.165, 1.54) is 0 Å². The van der Waals surface area contributed by atoms with Crippen LogP contribution < -0.4 is 0 Å². The van der Waals surface area contributed by atoms with Crippen LogP contribution in [0.25, 0.3) is 0 Å². The van der Waals surface area contributed by atoms with Gasteiger partial charge in [0.05, 0.1) is 6.61 Å². The number of rotatable bonds is 5. The Labute approximate surface area is 107 Å². The summed E-state index contributed by atoms with van der Waals surface area (Å²) in [6.07, 6.45) is 8.05. The lowest BCUT2D eigenvalue weighted by atomic mass is 9.95. The second kappa shape index (κ2) is 5.85. The number of aromatic nitrogens is 1. The molecule has 0 aliphatic heterocycles. The molecule has 0 unspecified atom stereocenters. The van der Waals surface area contributed by atoms with Crippen LogP contribution in [-0.4, -0.2) is 22.9 Å². The summed E-state index contributed by atoms with van der Waals surface area (Å²) in [4.78, 5) is 23.2. The second-order valence-corrected chi connectivity index (χ2v) is 4.72. The number of Topliss-reactive ketones (excluding diaryl/α,β-unsaturated/α-hetero) is 1. The average molecular weight is 249 g/mol. The number of nitrogens with zero attached hydrogens (tertiary/aromatic N) is 1. The van der Waals surface area contributed by atoms with Crippen LogP contribution in [-0.2, 0) is 22.5 Å². The molecule has 18 heavy (non-hydrogen) atoms. The van der Waals surface area contributed by atoms with Gasteiger partial charge in [0.15, 0.2) is 5.78 Å². The van der Waals surface area contributed by atoms with Crippen molar-refractivity contribution in [3.05, 3.63) is 23.5 Å². The Balaban J connectivity index is 1.94. The first-order valence-corrected chi connectivity index (χ1v) is 6.58. The van der Waals surface area contributed by atoms with Crippen LogP contribution in [0.15, 0.2) is 12.4 Å². The van der Waals surface area contributed by atoms with Gasteiger partial charge in [-0.1, -0.05) is 13.3 Å². The highest BCUT2D eigenvalue weighted by atomic mass is 16.5. The van der Waals surface area contributed by atoms with Gasteiger partial charge in [-0.05, 0) is 24.8 Å². The van der Waals surface area contributed by atoms with E-state index >= 15 is 0 Å². The molecule has 1 aliphatic carbocycles. The summed E-state index contributed by atoms with van der Waals surface area (Å²) in [6, 6.07) is 0. The van der Waals surface area contributed by atoms with E-state index in [1.807, 2.05) is 6.20 Å². The van der Waals surface area contributed by atoms with Crippen LogP contribution in [0.2, 0.25) is 0 Å². The summed E-state index contributed by atoms with van der Waals surface area (Å²) in [5, 5.41) is 0. The maximum atomic E-state index is 11.7. The molecule has 0 aromatic carbocycles. The molecule has 0 atom stereocenters. The summed E-state index contributed by atoms with van der Waals surface area (Å²) in [7, 11) is 0. The first-order chi connectivity index (χ1) is 8.70. The van der Waals surface area contributed by atoms with Gasteiger partial charge in [-0.15, -0.1) is 0 Å². The van der Waals surface area contributed by atoms with E-state index < -0.39 is 0 Å². The average Bonchev–Trinajstić information content (AvgIpc) is 2.73. The maximum absolute atomic E-state index is 11.7. The topological polar surface area (TPSA) is 48.3 Å². The van der Waals surface area contributed by atoms with Crippen LogP contribution in [0.3, 0.4) is 0 Å². The molecule has 0 bridgehead atoms. The van der Waals surface area contributed by atoms with Crippen LogP contribution in [0, 0.1) is 0 Å². The molecule has 2 rings (SSSR count). The smallest absolute Gasteiger partial charge is 0.325 e. The SMILES string of the molecule is CCCCOC(=O)Cn1cc2c(c1)C(=O)CCC2. The first kappa shape index (κ1) is 12.9. The maximum Gasteiger partial charge on any atom is 0.325 e. The molecular weight excluding hydrogens is 230 g/mol. The monoisotopic (exact) mass is 249 g/mol. The lowest BCUT2D eigenvalue weighted by molar-refractivity contribution is -0.144. The van der Waals surface area contributed by atoms with Gasteiger partial charge in [-0.25, -0.2) is 0 Å². The largest absolute Gasteiger partial charge is 0.464 e. The summed E-state index contributed by atoms with van der Waals surface area (Å²) >= 11 is 0. The van der Waals surface area contributed by atoms with Crippen molar-refractivity contribution in [3.8, 4) is 0 Å². The molecule has 4 nitrogen and oxygen atoms in total. The molecule has 0 N–H and O–H groups in total. The second-order valence-electron chi connectivity index (χ2n) is 4.72. The molecule has 98 valence electrons. The number of carbonyl (C=O) groups is 2. The van der Waals surface area contributed by atoms with E-state index in [-0.39, 0.29) is 18.3 Å². The number of aryl methyl sites for hydroxylation is 1. The zero-order valence-electron chi connectivity index (χ0n) is 10.8. The van der Waals surface area contributed by atoms with Gasteiger partial charge in [-0.2, -0.15) is 0 Å². The lowest BCUT2D eigenvalue weighted by Crippen LogP contribution is -2.13. The van der Waals surface area contributed by atoms with Gasteiger partial charge in [0.25, 0.3) is 0 Å². The predicted molar refractivity (Wildman–Crippen MR) is 67.6 cm³/mol. The Morgan fingerprint density at radius 3 is 2.94 bits per heavy atom. The van der Waals surface area contributed by atoms with Crippen molar-refractivity contribution in [2.75, 3.05) is 6.61 Å². The number of hydrogen-bond acceptors (Lipinski definition) is 3. The third kappa shape index (κ3) is 3.00. The molecule has 0 saturated carbocycles. The third-order valence-corrected chi connectivity index (χ3v) is 3.19. The number of carbonyl (C=O) groups excluding carboxylic acids is 2. The van der Waals surface area contributed by atoms with Crippen molar-refractivity contribution in [3.63, 3.8) is 0 Å². The molecule has 0 spiro atoms. The molecule has 0 radical (unpaired) electrons. The van der Waals surface area contributed by atoms with Crippen molar-refractivity contribution in [1.82, 2.24) is 4.57 Å². The molecule has 0 saturated heterocycles. The van der Waals surface area contributed by atoms with Gasteiger partial charge in [-0.3, -0.25) is 9.59 Å². The van der Waals surface area contributed by atoms with E-state index in [9.17, 15) is 9.59 Å². The normalized spacial score (nSPS) is 14.4. The lowest BCUT2D eigenvalue weighted by Gasteiger charge is -2.07. The quantitative estimate of drug-likeness (QED) is 0.594. The van der Waals surface area contributed by atoms with E-state index in [4.69, 9.17) is 4.74 Å². The van der Waals surface area contributed by atoms with Crippen LogP contribution in [0.5, 0.6) is 0 Å². The predicted octanol–water partition coefficient (Wildman–Crippen LogP) is 2.35. The van der Waals surface area contributed by atoms with Crippen LogP contribution in [0.1, 0.15) is 48.5 Å². The van der Waals surface area contributed by atoms with E-state index in [0.717, 1.165) is 36.8 Å².